The van der Waals surface area contributed by atoms with E-state index < -0.39 is 5.97 Å². The van der Waals surface area contributed by atoms with Crippen molar-refractivity contribution in [3.05, 3.63) is 53.7 Å². The summed E-state index contributed by atoms with van der Waals surface area (Å²) < 4.78 is 12.9. The number of fused-ring (bicyclic) bond motifs is 1. The highest BCUT2D eigenvalue weighted by molar-refractivity contribution is 7.21. The Kier molecular flexibility index (Phi) is 4.55. The topological polar surface area (TPSA) is 79.1 Å². The van der Waals surface area contributed by atoms with Gasteiger partial charge in [-0.3, -0.25) is 4.98 Å². The molecule has 0 aliphatic heterocycles. The van der Waals surface area contributed by atoms with Crippen LogP contribution in [0.25, 0.3) is 27.2 Å². The van der Waals surface area contributed by atoms with E-state index in [0.29, 0.717) is 28.4 Å². The molecule has 4 aromatic rings. The molecule has 1 aromatic carbocycles. The monoisotopic (exact) mass is 380 g/mol. The Morgan fingerprint density at radius 1 is 1.22 bits per heavy atom. The van der Waals surface area contributed by atoms with Gasteiger partial charge in [0, 0.05) is 11.8 Å². The second-order valence-corrected chi connectivity index (χ2v) is 6.68. The number of esters is 1. The zero-order valence-electron chi connectivity index (χ0n) is 14.7. The van der Waals surface area contributed by atoms with Crippen LogP contribution in [0.15, 0.2) is 48.8 Å². The van der Waals surface area contributed by atoms with Gasteiger partial charge in [0.25, 0.3) is 0 Å². The van der Waals surface area contributed by atoms with E-state index in [1.807, 2.05) is 36.4 Å². The van der Waals surface area contributed by atoms with Crippen molar-refractivity contribution in [3.63, 3.8) is 0 Å². The van der Waals surface area contributed by atoms with Gasteiger partial charge in [0.2, 0.25) is 0 Å². The van der Waals surface area contributed by atoms with Gasteiger partial charge in [-0.15, -0.1) is 16.4 Å². The first-order valence-electron chi connectivity index (χ1n) is 8.33. The fourth-order valence-electron chi connectivity index (χ4n) is 2.73. The minimum Gasteiger partial charge on any atom is -0.497 e. The largest absolute Gasteiger partial charge is 0.497 e. The predicted molar refractivity (Wildman–Crippen MR) is 102 cm³/mol. The number of ether oxygens (including phenoxy) is 2. The third-order valence-electron chi connectivity index (χ3n) is 3.99. The quantitative estimate of drug-likeness (QED) is 0.491. The summed E-state index contributed by atoms with van der Waals surface area (Å²) in [5.41, 5.74) is 2.85. The highest BCUT2D eigenvalue weighted by atomic mass is 32.1. The summed E-state index contributed by atoms with van der Waals surface area (Å²) in [5, 5.41) is 8.47. The van der Waals surface area contributed by atoms with Crippen LogP contribution in [0.2, 0.25) is 0 Å². The van der Waals surface area contributed by atoms with E-state index in [1.54, 1.807) is 31.1 Å². The summed E-state index contributed by atoms with van der Waals surface area (Å²) in [6.07, 6.45) is 3.47. The molecule has 0 atom stereocenters. The average molecular weight is 380 g/mol. The van der Waals surface area contributed by atoms with Gasteiger partial charge in [0.1, 0.15) is 27.5 Å². The highest BCUT2D eigenvalue weighted by Gasteiger charge is 2.23. The van der Waals surface area contributed by atoms with Gasteiger partial charge < -0.3 is 9.47 Å². The molecule has 0 aliphatic rings. The van der Waals surface area contributed by atoms with Crippen LogP contribution in [-0.2, 0) is 4.74 Å². The molecule has 4 rings (SSSR count). The maximum atomic E-state index is 12.4. The fraction of sp³-hybridized carbons (Fsp3) is 0.158. The Labute approximate surface area is 159 Å². The first-order valence-corrected chi connectivity index (χ1v) is 9.14. The number of pyridine rings is 1. The zero-order valence-corrected chi connectivity index (χ0v) is 15.6. The second kappa shape index (κ2) is 7.16. The molecule has 0 fully saturated rings. The fourth-order valence-corrected chi connectivity index (χ4v) is 3.77. The van der Waals surface area contributed by atoms with Gasteiger partial charge in [0.15, 0.2) is 0 Å². The van der Waals surface area contributed by atoms with Gasteiger partial charge in [-0.2, -0.15) is 0 Å². The smallest absolute Gasteiger partial charge is 0.350 e. The first-order chi connectivity index (χ1) is 13.2. The van der Waals surface area contributed by atoms with Gasteiger partial charge >= 0.3 is 5.97 Å². The van der Waals surface area contributed by atoms with Crippen molar-refractivity contribution in [2.45, 2.75) is 6.92 Å². The summed E-state index contributed by atoms with van der Waals surface area (Å²) in [6, 6.07) is 11.3. The van der Waals surface area contributed by atoms with Gasteiger partial charge in [0.05, 0.1) is 24.6 Å². The number of methoxy groups -OCH3 is 1. The number of thiophene rings is 1. The lowest BCUT2D eigenvalue weighted by atomic mass is 10.1. The van der Waals surface area contributed by atoms with Crippen LogP contribution >= 0.6 is 11.3 Å². The lowest BCUT2D eigenvalue weighted by Gasteiger charge is -2.03. The van der Waals surface area contributed by atoms with E-state index >= 15 is 0 Å². The third kappa shape index (κ3) is 3.15. The molecule has 8 heteroatoms. The van der Waals surface area contributed by atoms with Crippen LogP contribution in [0, 0.1) is 0 Å². The van der Waals surface area contributed by atoms with Crippen LogP contribution in [0.5, 0.6) is 5.75 Å². The number of carbonyl (C=O) groups excluding carboxylic acids is 1. The zero-order chi connectivity index (χ0) is 18.8. The van der Waals surface area contributed by atoms with E-state index in [-0.39, 0.29) is 0 Å². The normalized spacial score (nSPS) is 10.9. The van der Waals surface area contributed by atoms with E-state index in [1.165, 1.54) is 11.3 Å². The average Bonchev–Trinajstić information content (AvgIpc) is 3.33. The molecule has 7 nitrogen and oxygen atoms in total. The molecule has 0 spiro atoms. The van der Waals surface area contributed by atoms with Crippen LogP contribution in [-0.4, -0.2) is 39.7 Å². The molecule has 27 heavy (non-hydrogen) atoms. The summed E-state index contributed by atoms with van der Waals surface area (Å²) in [7, 11) is 1.62. The Hall–Kier alpha value is -3.26. The molecule has 0 saturated carbocycles. The van der Waals surface area contributed by atoms with Crippen LogP contribution in [0.1, 0.15) is 16.6 Å². The number of nitrogens with zero attached hydrogens (tertiary/aromatic N) is 4. The minimum atomic E-state index is -0.392. The molecule has 0 unspecified atom stereocenters. The van der Waals surface area contributed by atoms with Crippen molar-refractivity contribution < 1.29 is 14.3 Å². The second-order valence-electron chi connectivity index (χ2n) is 5.63. The van der Waals surface area contributed by atoms with Crippen molar-refractivity contribution in [3.8, 4) is 22.7 Å². The molecule has 0 aliphatic carbocycles. The van der Waals surface area contributed by atoms with E-state index in [0.717, 1.165) is 16.0 Å². The van der Waals surface area contributed by atoms with E-state index in [4.69, 9.17) is 9.47 Å². The summed E-state index contributed by atoms with van der Waals surface area (Å²) in [5.74, 6) is 0.376. The van der Waals surface area contributed by atoms with Crippen LogP contribution in [0.4, 0.5) is 0 Å². The summed E-state index contributed by atoms with van der Waals surface area (Å²) in [6.45, 7) is 2.08. The van der Waals surface area contributed by atoms with Crippen molar-refractivity contribution in [1.29, 1.82) is 0 Å². The third-order valence-corrected chi connectivity index (χ3v) is 5.10. The molecule has 0 N–H and O–H groups in total. The van der Waals surface area contributed by atoms with Gasteiger partial charge in [-0.1, -0.05) is 5.21 Å². The Bertz CT molecular complexity index is 1100. The van der Waals surface area contributed by atoms with Crippen molar-refractivity contribution in [2.75, 3.05) is 13.7 Å². The number of hydrogen-bond donors (Lipinski definition) is 0. The van der Waals surface area contributed by atoms with Crippen molar-refractivity contribution in [1.82, 2.24) is 20.0 Å². The lowest BCUT2D eigenvalue weighted by Crippen LogP contribution is -2.07. The molecular weight excluding hydrogens is 364 g/mol. The lowest BCUT2D eigenvalue weighted by molar-refractivity contribution is 0.0532. The van der Waals surface area contributed by atoms with Gasteiger partial charge in [-0.05, 0) is 43.3 Å². The molecule has 136 valence electrons. The first kappa shape index (κ1) is 17.2. The number of benzene rings is 1. The van der Waals surface area contributed by atoms with E-state index in [2.05, 4.69) is 15.3 Å². The number of hydrogen-bond acceptors (Lipinski definition) is 7. The predicted octanol–water partition coefficient (Wildman–Crippen LogP) is 3.73. The van der Waals surface area contributed by atoms with Crippen molar-refractivity contribution in [2.24, 2.45) is 0 Å². The molecule has 0 radical (unpaired) electrons. The summed E-state index contributed by atoms with van der Waals surface area (Å²) in [4.78, 5) is 17.3. The minimum absolute atomic E-state index is 0.300. The van der Waals surface area contributed by atoms with Crippen molar-refractivity contribution >= 4 is 27.5 Å². The SMILES string of the molecule is CCOC(=O)c1sc2cccnc2c1-n1cc(-c2ccc(OC)cc2)nn1. The summed E-state index contributed by atoms with van der Waals surface area (Å²) >= 11 is 1.33. The number of carbonyl (C=O) groups is 1. The Balaban J connectivity index is 1.81. The molecule has 3 heterocycles. The Morgan fingerprint density at radius 3 is 2.78 bits per heavy atom. The molecule has 0 amide bonds. The standard InChI is InChI=1S/C19H16N4O3S/c1-3-26-19(24)18-17(16-15(27-18)5-4-10-20-16)23-11-14(21-22-23)12-6-8-13(25-2)9-7-12/h4-11H,3H2,1-2H3. The molecule has 3 aromatic heterocycles. The Morgan fingerprint density at radius 2 is 2.04 bits per heavy atom. The maximum absolute atomic E-state index is 12.4. The molecule has 0 bridgehead atoms. The molecule has 0 saturated heterocycles. The van der Waals surface area contributed by atoms with Crippen LogP contribution < -0.4 is 4.74 Å². The number of rotatable bonds is 5. The highest BCUT2D eigenvalue weighted by Crippen LogP contribution is 2.33. The molecular formula is C19H16N4O3S. The van der Waals surface area contributed by atoms with Gasteiger partial charge in [-0.25, -0.2) is 9.48 Å². The van der Waals surface area contributed by atoms with E-state index in [9.17, 15) is 4.79 Å². The number of aromatic nitrogens is 4. The maximum Gasteiger partial charge on any atom is 0.350 e. The van der Waals surface area contributed by atoms with Crippen LogP contribution in [0.3, 0.4) is 0 Å².